The van der Waals surface area contributed by atoms with E-state index in [9.17, 15) is 13.2 Å². The van der Waals surface area contributed by atoms with E-state index in [1.807, 2.05) is 6.92 Å². The molecular weight excluding hydrogens is 437 g/mol. The third-order valence-electron chi connectivity index (χ3n) is 4.11. The predicted octanol–water partition coefficient (Wildman–Crippen LogP) is 5.74. The number of hydrogen-bond acceptors (Lipinski definition) is 5. The summed E-state index contributed by atoms with van der Waals surface area (Å²) in [6.07, 6.45) is -2.88. The van der Waals surface area contributed by atoms with Crippen molar-refractivity contribution in [1.82, 2.24) is 15.0 Å². The molecule has 0 unspecified atom stereocenters. The molecule has 2 heterocycles. The van der Waals surface area contributed by atoms with Crippen LogP contribution in [0.5, 0.6) is 5.88 Å². The highest BCUT2D eigenvalue weighted by Gasteiger charge is 2.21. The first-order chi connectivity index (χ1) is 13.3. The smallest absolute Gasteiger partial charge is 0.266 e. The molecule has 3 rings (SSSR count). The number of rotatable bonds is 6. The van der Waals surface area contributed by atoms with Gasteiger partial charge in [-0.25, -0.2) is 23.1 Å². The molecular formula is C19H18BrF3N4O. The molecule has 0 aliphatic heterocycles. The number of pyridine rings is 1. The molecule has 2 aromatic heterocycles. The van der Waals surface area contributed by atoms with Crippen LogP contribution in [-0.2, 0) is 0 Å². The molecule has 0 saturated heterocycles. The van der Waals surface area contributed by atoms with Gasteiger partial charge in [0.25, 0.3) is 6.43 Å². The summed E-state index contributed by atoms with van der Waals surface area (Å²) in [6, 6.07) is 5.11. The lowest BCUT2D eigenvalue weighted by Crippen LogP contribution is -2.12. The molecule has 28 heavy (non-hydrogen) atoms. The Morgan fingerprint density at radius 1 is 1.18 bits per heavy atom. The molecule has 0 radical (unpaired) electrons. The first-order valence-electron chi connectivity index (χ1n) is 8.62. The number of anilines is 1. The predicted molar refractivity (Wildman–Crippen MR) is 104 cm³/mol. The van der Waals surface area contributed by atoms with Gasteiger partial charge in [0.05, 0.1) is 28.1 Å². The largest absolute Gasteiger partial charge is 0.477 e. The van der Waals surface area contributed by atoms with Crippen LogP contribution in [0, 0.1) is 12.7 Å². The summed E-state index contributed by atoms with van der Waals surface area (Å²) in [7, 11) is 0. The first-order valence-corrected chi connectivity index (χ1v) is 9.41. The van der Waals surface area contributed by atoms with Crippen LogP contribution in [0.3, 0.4) is 0 Å². The van der Waals surface area contributed by atoms with Crippen LogP contribution in [0.4, 0.5) is 19.0 Å². The maximum Gasteiger partial charge on any atom is 0.266 e. The molecule has 148 valence electrons. The zero-order valence-corrected chi connectivity index (χ0v) is 17.0. The highest BCUT2D eigenvalue weighted by molar-refractivity contribution is 9.10. The lowest BCUT2D eigenvalue weighted by Gasteiger charge is -2.18. The van der Waals surface area contributed by atoms with Gasteiger partial charge in [-0.2, -0.15) is 4.98 Å². The van der Waals surface area contributed by atoms with Crippen LogP contribution in [0.25, 0.3) is 11.0 Å². The van der Waals surface area contributed by atoms with Crippen molar-refractivity contribution in [2.45, 2.75) is 33.2 Å². The van der Waals surface area contributed by atoms with Crippen LogP contribution in [0.2, 0.25) is 0 Å². The summed E-state index contributed by atoms with van der Waals surface area (Å²) in [5, 5.41) is 3.69. The standard InChI is InChI=1S/C19H18BrF3N4O/c1-4-28-19-14(20)8-13-17(25-10(3)26-18(13)27-19)24-9(2)11-6-5-7-12(15(11)21)16(22)23/h5-9,16H,4H2,1-3H3,(H,24,25,26,27)/t9-/m1/s1. The minimum Gasteiger partial charge on any atom is -0.477 e. The molecule has 5 nitrogen and oxygen atoms in total. The lowest BCUT2D eigenvalue weighted by molar-refractivity contribution is 0.146. The zero-order valence-electron chi connectivity index (χ0n) is 15.4. The van der Waals surface area contributed by atoms with Crippen LogP contribution < -0.4 is 10.1 Å². The van der Waals surface area contributed by atoms with Gasteiger partial charge in [0.2, 0.25) is 5.88 Å². The Labute approximate surface area is 168 Å². The average molecular weight is 455 g/mol. The monoisotopic (exact) mass is 454 g/mol. The van der Waals surface area contributed by atoms with Gasteiger partial charge in [0, 0.05) is 5.56 Å². The first kappa shape index (κ1) is 20.3. The minimum atomic E-state index is -2.88. The Morgan fingerprint density at radius 2 is 1.89 bits per heavy atom. The van der Waals surface area contributed by atoms with E-state index in [0.717, 1.165) is 6.07 Å². The Kier molecular flexibility index (Phi) is 6.02. The number of aryl methyl sites for hydroxylation is 1. The molecule has 0 saturated carbocycles. The Morgan fingerprint density at radius 3 is 2.57 bits per heavy atom. The zero-order chi connectivity index (χ0) is 20.4. The molecule has 1 aromatic carbocycles. The number of ether oxygens (including phenoxy) is 1. The molecule has 0 bridgehead atoms. The highest BCUT2D eigenvalue weighted by Crippen LogP contribution is 2.33. The molecule has 1 N–H and O–H groups in total. The van der Waals surface area contributed by atoms with E-state index in [-0.39, 0.29) is 5.56 Å². The van der Waals surface area contributed by atoms with Gasteiger partial charge in [-0.3, -0.25) is 0 Å². The van der Waals surface area contributed by atoms with Gasteiger partial charge in [-0.15, -0.1) is 0 Å². The van der Waals surface area contributed by atoms with E-state index in [4.69, 9.17) is 4.74 Å². The van der Waals surface area contributed by atoms with Crippen molar-refractivity contribution in [3.63, 3.8) is 0 Å². The summed E-state index contributed by atoms with van der Waals surface area (Å²) in [5.74, 6) is 0.364. The fourth-order valence-corrected chi connectivity index (χ4v) is 3.26. The fraction of sp³-hybridized carbons (Fsp3) is 0.316. The van der Waals surface area contributed by atoms with Crippen LogP contribution >= 0.6 is 15.9 Å². The van der Waals surface area contributed by atoms with E-state index in [1.165, 1.54) is 12.1 Å². The quantitative estimate of drug-likeness (QED) is 0.514. The van der Waals surface area contributed by atoms with Crippen molar-refractivity contribution in [2.24, 2.45) is 0 Å². The number of benzene rings is 1. The van der Waals surface area contributed by atoms with Crippen molar-refractivity contribution in [3.05, 3.63) is 51.5 Å². The van der Waals surface area contributed by atoms with E-state index in [1.54, 1.807) is 19.9 Å². The molecule has 0 aliphatic carbocycles. The average Bonchev–Trinajstić information content (AvgIpc) is 2.63. The van der Waals surface area contributed by atoms with Gasteiger partial charge in [0.15, 0.2) is 5.65 Å². The van der Waals surface area contributed by atoms with Gasteiger partial charge in [0.1, 0.15) is 17.5 Å². The molecule has 0 spiro atoms. The normalized spacial score (nSPS) is 12.4. The summed E-state index contributed by atoms with van der Waals surface area (Å²) in [6.45, 7) is 5.68. The number of aromatic nitrogens is 3. The number of halogens is 4. The molecule has 0 aliphatic rings. The number of hydrogen-bond donors (Lipinski definition) is 1. The van der Waals surface area contributed by atoms with Crippen LogP contribution in [0.15, 0.2) is 28.7 Å². The number of fused-ring (bicyclic) bond motifs is 1. The van der Waals surface area contributed by atoms with Crippen LogP contribution in [0.1, 0.15) is 43.3 Å². The van der Waals surface area contributed by atoms with E-state index < -0.39 is 23.8 Å². The van der Waals surface area contributed by atoms with Gasteiger partial charge in [-0.1, -0.05) is 18.2 Å². The lowest BCUT2D eigenvalue weighted by atomic mass is 10.0. The third-order valence-corrected chi connectivity index (χ3v) is 4.68. The van der Waals surface area contributed by atoms with Gasteiger partial charge in [-0.05, 0) is 42.8 Å². The summed E-state index contributed by atoms with van der Waals surface area (Å²) < 4.78 is 46.6. The Hall–Kier alpha value is -2.42. The maximum absolute atomic E-state index is 14.5. The number of nitrogens with one attached hydrogen (secondary N) is 1. The Balaban J connectivity index is 2.02. The second-order valence-electron chi connectivity index (χ2n) is 6.12. The molecule has 1 atom stereocenters. The minimum absolute atomic E-state index is 0.125. The molecule has 3 aromatic rings. The molecule has 0 fully saturated rings. The summed E-state index contributed by atoms with van der Waals surface area (Å²) in [5.41, 5.74) is -0.0866. The van der Waals surface area contributed by atoms with Crippen molar-refractivity contribution in [2.75, 3.05) is 11.9 Å². The van der Waals surface area contributed by atoms with Gasteiger partial charge < -0.3 is 10.1 Å². The second-order valence-corrected chi connectivity index (χ2v) is 6.97. The summed E-state index contributed by atoms with van der Waals surface area (Å²) in [4.78, 5) is 13.1. The van der Waals surface area contributed by atoms with E-state index in [2.05, 4.69) is 36.2 Å². The van der Waals surface area contributed by atoms with Crippen molar-refractivity contribution in [3.8, 4) is 5.88 Å². The van der Waals surface area contributed by atoms with Gasteiger partial charge >= 0.3 is 0 Å². The fourth-order valence-electron chi connectivity index (χ4n) is 2.82. The SMILES string of the molecule is CCOc1nc2nc(C)nc(N[C@H](C)c3cccc(C(F)F)c3F)c2cc1Br. The number of alkyl halides is 2. The number of nitrogens with zero attached hydrogens (tertiary/aromatic N) is 3. The Bertz CT molecular complexity index is 1020. The van der Waals surface area contributed by atoms with Crippen LogP contribution in [-0.4, -0.2) is 21.6 Å². The van der Waals surface area contributed by atoms with E-state index >= 15 is 0 Å². The van der Waals surface area contributed by atoms with Crippen molar-refractivity contribution < 1.29 is 17.9 Å². The molecule has 9 heteroatoms. The maximum atomic E-state index is 14.5. The second kappa shape index (κ2) is 8.30. The topological polar surface area (TPSA) is 59.9 Å². The summed E-state index contributed by atoms with van der Waals surface area (Å²) >= 11 is 3.41. The highest BCUT2D eigenvalue weighted by atomic mass is 79.9. The van der Waals surface area contributed by atoms with Crippen molar-refractivity contribution >= 4 is 32.8 Å². The van der Waals surface area contributed by atoms with Crippen molar-refractivity contribution in [1.29, 1.82) is 0 Å². The third kappa shape index (κ3) is 4.04. The molecule has 0 amide bonds. The van der Waals surface area contributed by atoms with E-state index in [0.29, 0.717) is 39.6 Å².